The van der Waals surface area contributed by atoms with Crippen molar-refractivity contribution in [3.05, 3.63) is 69.3 Å². The lowest BCUT2D eigenvalue weighted by atomic mass is 9.88. The maximum absolute atomic E-state index is 13.3. The van der Waals surface area contributed by atoms with Crippen LogP contribution in [0.3, 0.4) is 0 Å². The van der Waals surface area contributed by atoms with Crippen LogP contribution in [-0.2, 0) is 39.1 Å². The second kappa shape index (κ2) is 11.4. The molecule has 36 heavy (non-hydrogen) atoms. The van der Waals surface area contributed by atoms with Crippen molar-refractivity contribution < 1.29 is 32.0 Å². The zero-order chi connectivity index (χ0) is 26.5. The fourth-order valence-electron chi connectivity index (χ4n) is 4.00. The quantitative estimate of drug-likeness (QED) is 0.218. The van der Waals surface area contributed by atoms with Crippen molar-refractivity contribution in [1.29, 1.82) is 0 Å². The minimum Gasteiger partial charge on any atom is -0.481 e. The molecule has 1 N–H and O–H groups in total. The summed E-state index contributed by atoms with van der Waals surface area (Å²) in [7, 11) is -4.25. The molecule has 0 spiro atoms. The van der Waals surface area contributed by atoms with Gasteiger partial charge in [0, 0.05) is 30.4 Å². The fraction of sp³-hybridized carbons (Fsp3) is 0.357. The number of carbonyl (C=O) groups excluding carboxylic acids is 1. The van der Waals surface area contributed by atoms with Gasteiger partial charge in [-0.3, -0.25) is 4.79 Å². The Morgan fingerprint density at radius 2 is 1.83 bits per heavy atom. The molecule has 8 heteroatoms. The third-order valence-corrected chi connectivity index (χ3v) is 7.32. The minimum absolute atomic E-state index is 0.0160. The van der Waals surface area contributed by atoms with Crippen LogP contribution in [0.5, 0.6) is 5.75 Å². The maximum Gasteiger partial charge on any atom is 0.342 e. The van der Waals surface area contributed by atoms with Gasteiger partial charge in [0.2, 0.25) is 0 Å². The van der Waals surface area contributed by atoms with Crippen molar-refractivity contribution >= 4 is 22.1 Å². The monoisotopic (exact) mass is 510 g/mol. The Morgan fingerprint density at radius 3 is 2.47 bits per heavy atom. The molecule has 0 aliphatic carbocycles. The van der Waals surface area contributed by atoms with Gasteiger partial charge in [-0.1, -0.05) is 42.2 Å². The summed E-state index contributed by atoms with van der Waals surface area (Å²) in [6.07, 6.45) is 3.43. The highest BCUT2D eigenvalue weighted by Gasteiger charge is 2.34. The fourth-order valence-corrected chi connectivity index (χ4v) is 4.96. The number of carbonyl (C=O) groups is 2. The van der Waals surface area contributed by atoms with Crippen LogP contribution in [0.2, 0.25) is 0 Å². The van der Waals surface area contributed by atoms with Crippen LogP contribution in [0, 0.1) is 25.7 Å². The number of aliphatic carboxylic acids is 1. The van der Waals surface area contributed by atoms with Crippen LogP contribution in [0.1, 0.15) is 71.3 Å². The number of benzene rings is 2. The average molecular weight is 511 g/mol. The van der Waals surface area contributed by atoms with E-state index < -0.39 is 22.1 Å². The summed E-state index contributed by atoms with van der Waals surface area (Å²) in [5.41, 5.74) is 4.56. The smallest absolute Gasteiger partial charge is 0.342 e. The second-order valence-corrected chi connectivity index (χ2v) is 10.3. The molecule has 1 heterocycles. The molecular formula is C28H30O7S. The number of esters is 1. The lowest BCUT2D eigenvalue weighted by Gasteiger charge is -2.19. The lowest BCUT2D eigenvalue weighted by Crippen LogP contribution is -2.16. The van der Waals surface area contributed by atoms with Crippen molar-refractivity contribution in [2.24, 2.45) is 0 Å². The van der Waals surface area contributed by atoms with Gasteiger partial charge >= 0.3 is 22.1 Å². The number of cyclic esters (lactones) is 1. The van der Waals surface area contributed by atoms with E-state index in [1.54, 1.807) is 12.1 Å². The van der Waals surface area contributed by atoms with Crippen molar-refractivity contribution in [2.75, 3.05) is 0 Å². The number of allylic oxidation sites excluding steroid dienone is 2. The lowest BCUT2D eigenvalue weighted by molar-refractivity contribution is -0.136. The van der Waals surface area contributed by atoms with Crippen molar-refractivity contribution in [3.63, 3.8) is 0 Å². The number of carboxylic acids is 1. The van der Waals surface area contributed by atoms with Gasteiger partial charge in [0.1, 0.15) is 17.1 Å². The first kappa shape index (κ1) is 27.0. The summed E-state index contributed by atoms with van der Waals surface area (Å²) in [5.74, 6) is 4.56. The normalized spacial score (nSPS) is 13.0. The number of rotatable bonds is 9. The summed E-state index contributed by atoms with van der Waals surface area (Å²) >= 11 is 0. The number of ether oxygens (including phenoxy) is 1. The van der Waals surface area contributed by atoms with Crippen LogP contribution in [0.4, 0.5) is 0 Å². The Hall–Kier alpha value is -3.57. The van der Waals surface area contributed by atoms with E-state index >= 15 is 0 Å². The third kappa shape index (κ3) is 6.16. The van der Waals surface area contributed by atoms with Crippen molar-refractivity contribution in [3.8, 4) is 17.6 Å². The second-order valence-electron chi connectivity index (χ2n) is 8.72. The summed E-state index contributed by atoms with van der Waals surface area (Å²) in [6.45, 7) is 7.50. The molecule has 2 aromatic carbocycles. The minimum atomic E-state index is -4.25. The van der Waals surface area contributed by atoms with Gasteiger partial charge in [0.25, 0.3) is 0 Å². The molecule has 0 amide bonds. The zero-order valence-corrected chi connectivity index (χ0v) is 21.8. The Kier molecular flexibility index (Phi) is 8.59. The van der Waals surface area contributed by atoms with Crippen LogP contribution in [0.25, 0.3) is 0 Å². The molecule has 0 radical (unpaired) electrons. The van der Waals surface area contributed by atoms with E-state index in [0.29, 0.717) is 30.4 Å². The standard InChI is InChI=1S/C28H30O7S/c1-5-6-7-8-22-20(4)24-17-34-28(31)26(24)27(23(22)15-11-19(3)12-16-25(29)30)35-36(32,33)21-13-9-18(2)10-14-21/h9-11,13-14H,5,8,12,15-17H2,1-4H3,(H,29,30). The zero-order valence-electron chi connectivity index (χ0n) is 20.9. The number of fused-ring (bicyclic) bond motifs is 1. The predicted molar refractivity (Wildman–Crippen MR) is 135 cm³/mol. The molecule has 7 nitrogen and oxygen atoms in total. The predicted octanol–water partition coefficient (Wildman–Crippen LogP) is 5.05. The average Bonchev–Trinajstić information content (AvgIpc) is 3.21. The summed E-state index contributed by atoms with van der Waals surface area (Å²) in [6, 6.07) is 6.26. The summed E-state index contributed by atoms with van der Waals surface area (Å²) in [5, 5.41) is 9.00. The number of aryl methyl sites for hydroxylation is 1. The number of hydrogen-bond acceptors (Lipinski definition) is 6. The van der Waals surface area contributed by atoms with E-state index in [4.69, 9.17) is 14.0 Å². The van der Waals surface area contributed by atoms with E-state index in [9.17, 15) is 18.0 Å². The molecule has 1 aliphatic rings. The van der Waals surface area contributed by atoms with Crippen molar-refractivity contribution in [1.82, 2.24) is 0 Å². The summed E-state index contributed by atoms with van der Waals surface area (Å²) < 4.78 is 37.5. The van der Waals surface area contributed by atoms with E-state index in [1.165, 1.54) is 12.1 Å². The van der Waals surface area contributed by atoms with Crippen molar-refractivity contribution in [2.45, 2.75) is 71.3 Å². The molecule has 0 atom stereocenters. The van der Waals surface area contributed by atoms with Gasteiger partial charge in [-0.25, -0.2) is 4.79 Å². The first-order valence-electron chi connectivity index (χ1n) is 11.7. The molecule has 3 rings (SSSR count). The number of hydrogen-bond donors (Lipinski definition) is 1. The van der Waals surface area contributed by atoms with E-state index in [2.05, 4.69) is 11.8 Å². The Labute approximate surface area is 212 Å². The first-order chi connectivity index (χ1) is 17.0. The highest BCUT2D eigenvalue weighted by atomic mass is 32.2. The molecule has 190 valence electrons. The Bertz CT molecular complexity index is 1370. The SMILES string of the molecule is CCC#CCc1c(C)c2c(c(OS(=O)(=O)c3ccc(C)cc3)c1CC=C(C)CCC(=O)O)C(=O)OC2. The van der Waals surface area contributed by atoms with Gasteiger partial charge < -0.3 is 14.0 Å². The van der Waals surface area contributed by atoms with Gasteiger partial charge in [0.15, 0.2) is 5.75 Å². The molecule has 2 aromatic rings. The molecule has 0 bridgehead atoms. The third-order valence-electron chi connectivity index (χ3n) is 6.08. The topological polar surface area (TPSA) is 107 Å². The maximum atomic E-state index is 13.3. The van der Waals surface area contributed by atoms with Gasteiger partial charge in [-0.2, -0.15) is 8.42 Å². The van der Waals surface area contributed by atoms with Gasteiger partial charge in [-0.15, -0.1) is 5.92 Å². The van der Waals surface area contributed by atoms with E-state index in [-0.39, 0.29) is 35.7 Å². The highest BCUT2D eigenvalue weighted by Crippen LogP contribution is 2.40. The first-order valence-corrected chi connectivity index (χ1v) is 13.1. The molecule has 1 aliphatic heterocycles. The summed E-state index contributed by atoms with van der Waals surface area (Å²) in [4.78, 5) is 23.7. The van der Waals surface area contributed by atoms with Crippen LogP contribution >= 0.6 is 0 Å². The van der Waals surface area contributed by atoms with Gasteiger partial charge in [-0.05, 0) is 56.9 Å². The largest absolute Gasteiger partial charge is 0.481 e. The molecule has 0 saturated carbocycles. The Morgan fingerprint density at radius 1 is 1.14 bits per heavy atom. The molecule has 0 fully saturated rings. The molecular weight excluding hydrogens is 480 g/mol. The molecule has 0 saturated heterocycles. The van der Waals surface area contributed by atoms with Crippen LogP contribution < -0.4 is 4.18 Å². The van der Waals surface area contributed by atoms with Crippen LogP contribution in [0.15, 0.2) is 40.8 Å². The molecule has 0 unspecified atom stereocenters. The van der Waals surface area contributed by atoms with Gasteiger partial charge in [0.05, 0.1) is 0 Å². The van der Waals surface area contributed by atoms with E-state index in [1.807, 2.05) is 33.8 Å². The molecule has 0 aromatic heterocycles. The Balaban J connectivity index is 2.19. The highest BCUT2D eigenvalue weighted by molar-refractivity contribution is 7.87. The number of carboxylic acid groups (broad SMARTS) is 1. The van der Waals surface area contributed by atoms with Crippen LogP contribution in [-0.4, -0.2) is 25.5 Å². The van der Waals surface area contributed by atoms with E-state index in [0.717, 1.165) is 22.3 Å².